The number of rotatable bonds is 6. The second-order valence-electron chi connectivity index (χ2n) is 5.55. The Kier molecular flexibility index (Phi) is 3.83. The Labute approximate surface area is 113 Å². The molecule has 0 bridgehead atoms. The average Bonchev–Trinajstić information content (AvgIpc) is 3.07. The molecule has 2 saturated carbocycles. The van der Waals surface area contributed by atoms with Gasteiger partial charge in [0.1, 0.15) is 12.0 Å². The van der Waals surface area contributed by atoms with E-state index in [0.717, 1.165) is 31.3 Å². The van der Waals surface area contributed by atoms with Crippen LogP contribution in [0.3, 0.4) is 0 Å². The Bertz CT molecular complexity index is 437. The number of ether oxygens (including phenoxy) is 2. The fourth-order valence-electron chi connectivity index (χ4n) is 2.84. The highest BCUT2D eigenvalue weighted by atomic mass is 16.7. The van der Waals surface area contributed by atoms with Crippen molar-refractivity contribution in [3.05, 3.63) is 29.8 Å². The largest absolute Gasteiger partial charge is 0.468 e. The molecular formula is C16H20O3. The number of hydrogen-bond acceptors (Lipinski definition) is 3. The first kappa shape index (κ1) is 12.7. The summed E-state index contributed by atoms with van der Waals surface area (Å²) in [5.41, 5.74) is 1.20. The Morgan fingerprint density at radius 3 is 2.84 bits per heavy atom. The van der Waals surface area contributed by atoms with Crippen LogP contribution in [0, 0.1) is 5.92 Å². The van der Waals surface area contributed by atoms with Crippen LogP contribution in [-0.2, 0) is 9.53 Å². The third-order valence-electron chi connectivity index (χ3n) is 4.13. The van der Waals surface area contributed by atoms with E-state index in [0.29, 0.717) is 18.8 Å². The molecule has 3 rings (SSSR count). The van der Waals surface area contributed by atoms with Gasteiger partial charge in [0.2, 0.25) is 0 Å². The lowest BCUT2D eigenvalue weighted by Crippen LogP contribution is -2.12. The molecular weight excluding hydrogens is 240 g/mol. The number of carbonyl (C=O) groups excluding carboxylic acids is 1. The van der Waals surface area contributed by atoms with Crippen LogP contribution < -0.4 is 4.74 Å². The Morgan fingerprint density at radius 2 is 2.11 bits per heavy atom. The lowest BCUT2D eigenvalue weighted by atomic mass is 10.1. The Morgan fingerprint density at radius 1 is 1.26 bits per heavy atom. The summed E-state index contributed by atoms with van der Waals surface area (Å²) in [5.74, 6) is 1.45. The van der Waals surface area contributed by atoms with Crippen LogP contribution in [0.4, 0.5) is 0 Å². The number of carbonyl (C=O) groups is 1. The Hall–Kier alpha value is -1.35. The zero-order chi connectivity index (χ0) is 13.1. The highest BCUT2D eigenvalue weighted by Crippen LogP contribution is 2.46. The summed E-state index contributed by atoms with van der Waals surface area (Å²) in [6.45, 7) is 0.329. The molecule has 0 amide bonds. The maximum Gasteiger partial charge on any atom is 0.189 e. The van der Waals surface area contributed by atoms with Crippen LogP contribution in [0.5, 0.6) is 5.75 Å². The summed E-state index contributed by atoms with van der Waals surface area (Å²) in [5, 5.41) is 0. The molecule has 1 aromatic carbocycles. The van der Waals surface area contributed by atoms with Gasteiger partial charge in [-0.1, -0.05) is 25.0 Å². The molecule has 2 fully saturated rings. The van der Waals surface area contributed by atoms with Gasteiger partial charge < -0.3 is 14.3 Å². The first-order valence-electron chi connectivity index (χ1n) is 7.16. The van der Waals surface area contributed by atoms with E-state index in [2.05, 4.69) is 6.07 Å². The van der Waals surface area contributed by atoms with Crippen LogP contribution in [0.1, 0.15) is 43.6 Å². The summed E-state index contributed by atoms with van der Waals surface area (Å²) in [6, 6.07) is 8.03. The predicted molar refractivity (Wildman–Crippen MR) is 72.2 cm³/mol. The van der Waals surface area contributed by atoms with Crippen molar-refractivity contribution in [2.24, 2.45) is 5.92 Å². The fraction of sp³-hybridized carbons (Fsp3) is 0.562. The van der Waals surface area contributed by atoms with Gasteiger partial charge in [0.15, 0.2) is 6.79 Å². The monoisotopic (exact) mass is 260 g/mol. The summed E-state index contributed by atoms with van der Waals surface area (Å²) in [6.07, 6.45) is 7.28. The molecule has 0 N–H and O–H groups in total. The fourth-order valence-corrected chi connectivity index (χ4v) is 2.84. The van der Waals surface area contributed by atoms with E-state index >= 15 is 0 Å². The van der Waals surface area contributed by atoms with Gasteiger partial charge in [-0.05, 0) is 42.9 Å². The minimum atomic E-state index is 0.213. The number of benzene rings is 1. The van der Waals surface area contributed by atoms with Gasteiger partial charge in [0.25, 0.3) is 0 Å². The molecule has 0 aliphatic heterocycles. The molecule has 0 spiro atoms. The molecule has 2 unspecified atom stereocenters. The van der Waals surface area contributed by atoms with Crippen molar-refractivity contribution in [1.82, 2.24) is 0 Å². The third kappa shape index (κ3) is 3.16. The molecule has 102 valence electrons. The minimum absolute atomic E-state index is 0.213. The molecule has 0 radical (unpaired) electrons. The molecule has 0 aromatic heterocycles. The van der Waals surface area contributed by atoms with Crippen molar-refractivity contribution in [3.63, 3.8) is 0 Å². The molecule has 2 aliphatic rings. The summed E-state index contributed by atoms with van der Waals surface area (Å²) in [7, 11) is 0. The van der Waals surface area contributed by atoms with Crippen molar-refractivity contribution in [1.29, 1.82) is 0 Å². The molecule has 0 saturated heterocycles. The van der Waals surface area contributed by atoms with E-state index < -0.39 is 0 Å². The summed E-state index contributed by atoms with van der Waals surface area (Å²) < 4.78 is 11.3. The van der Waals surface area contributed by atoms with E-state index in [1.807, 2.05) is 18.2 Å². The highest BCUT2D eigenvalue weighted by Gasteiger charge is 2.38. The van der Waals surface area contributed by atoms with Crippen LogP contribution in [0.25, 0.3) is 0 Å². The van der Waals surface area contributed by atoms with Crippen LogP contribution in [-0.4, -0.2) is 19.2 Å². The standard InChI is InChI=1S/C16H20O3/c17-10-13-9-16(13)12-4-3-7-15(8-12)19-11-18-14-5-1-2-6-14/h3-4,7-8,10,13-14,16H,1-2,5-6,9,11H2. The molecule has 0 heterocycles. The first-order valence-corrected chi connectivity index (χ1v) is 7.16. The number of aldehydes is 1. The van der Waals surface area contributed by atoms with E-state index in [1.165, 1.54) is 18.4 Å². The minimum Gasteiger partial charge on any atom is -0.468 e. The van der Waals surface area contributed by atoms with Crippen molar-refractivity contribution in [2.75, 3.05) is 6.79 Å². The smallest absolute Gasteiger partial charge is 0.189 e. The maximum absolute atomic E-state index is 10.7. The normalized spacial score (nSPS) is 26.3. The Balaban J connectivity index is 1.50. The van der Waals surface area contributed by atoms with Crippen molar-refractivity contribution in [3.8, 4) is 5.75 Å². The molecule has 3 nitrogen and oxygen atoms in total. The highest BCUT2D eigenvalue weighted by molar-refractivity contribution is 5.61. The molecule has 3 heteroatoms. The van der Waals surface area contributed by atoms with Gasteiger partial charge in [-0.2, -0.15) is 0 Å². The zero-order valence-corrected chi connectivity index (χ0v) is 11.1. The van der Waals surface area contributed by atoms with E-state index in [-0.39, 0.29) is 5.92 Å². The number of hydrogen-bond donors (Lipinski definition) is 0. The van der Waals surface area contributed by atoms with Gasteiger partial charge in [-0.15, -0.1) is 0 Å². The second-order valence-corrected chi connectivity index (χ2v) is 5.55. The van der Waals surface area contributed by atoms with E-state index in [1.54, 1.807) is 0 Å². The SMILES string of the molecule is O=CC1CC1c1cccc(OCOC2CCCC2)c1. The van der Waals surface area contributed by atoms with Gasteiger partial charge in [-0.3, -0.25) is 0 Å². The van der Waals surface area contributed by atoms with Crippen LogP contribution >= 0.6 is 0 Å². The van der Waals surface area contributed by atoms with Gasteiger partial charge in [0.05, 0.1) is 6.10 Å². The third-order valence-corrected chi connectivity index (χ3v) is 4.13. The molecule has 19 heavy (non-hydrogen) atoms. The predicted octanol–water partition coefficient (Wildman–Crippen LogP) is 3.28. The van der Waals surface area contributed by atoms with Gasteiger partial charge >= 0.3 is 0 Å². The first-order chi connectivity index (χ1) is 9.36. The van der Waals surface area contributed by atoms with Gasteiger partial charge in [-0.25, -0.2) is 0 Å². The van der Waals surface area contributed by atoms with Crippen molar-refractivity contribution >= 4 is 6.29 Å². The van der Waals surface area contributed by atoms with E-state index in [9.17, 15) is 4.79 Å². The lowest BCUT2D eigenvalue weighted by Gasteiger charge is -2.12. The van der Waals surface area contributed by atoms with Crippen molar-refractivity contribution in [2.45, 2.75) is 44.1 Å². The second kappa shape index (κ2) is 5.74. The van der Waals surface area contributed by atoms with Crippen LogP contribution in [0.15, 0.2) is 24.3 Å². The zero-order valence-electron chi connectivity index (χ0n) is 11.1. The quantitative estimate of drug-likeness (QED) is 0.581. The van der Waals surface area contributed by atoms with Gasteiger partial charge in [0, 0.05) is 5.92 Å². The lowest BCUT2D eigenvalue weighted by molar-refractivity contribution is -0.108. The van der Waals surface area contributed by atoms with Crippen LogP contribution in [0.2, 0.25) is 0 Å². The maximum atomic E-state index is 10.7. The van der Waals surface area contributed by atoms with E-state index in [4.69, 9.17) is 9.47 Å². The topological polar surface area (TPSA) is 35.5 Å². The average molecular weight is 260 g/mol. The summed E-state index contributed by atoms with van der Waals surface area (Å²) >= 11 is 0. The van der Waals surface area contributed by atoms with Crippen molar-refractivity contribution < 1.29 is 14.3 Å². The molecule has 2 atom stereocenters. The molecule has 2 aliphatic carbocycles. The molecule has 1 aromatic rings. The summed E-state index contributed by atoms with van der Waals surface area (Å²) in [4.78, 5) is 10.7.